The number of alkyl halides is 2. The Bertz CT molecular complexity index is 935. The lowest BCUT2D eigenvalue weighted by Crippen LogP contribution is -2.61. The van der Waals surface area contributed by atoms with Crippen LogP contribution in [0.4, 0.5) is 18.7 Å². The number of amides is 3. The summed E-state index contributed by atoms with van der Waals surface area (Å²) < 4.78 is 27.3. The Morgan fingerprint density at radius 1 is 1.34 bits per heavy atom. The molecule has 0 radical (unpaired) electrons. The quantitative estimate of drug-likeness (QED) is 0.765. The van der Waals surface area contributed by atoms with Gasteiger partial charge < -0.3 is 10.6 Å². The fraction of sp³-hybridized carbons (Fsp3) is 0.500. The molecule has 11 heteroatoms. The van der Waals surface area contributed by atoms with Crippen LogP contribution in [0, 0.1) is 6.92 Å². The van der Waals surface area contributed by atoms with Crippen molar-refractivity contribution in [3.63, 3.8) is 0 Å². The van der Waals surface area contributed by atoms with E-state index in [9.17, 15) is 18.4 Å². The largest absolute Gasteiger partial charge is 0.367 e. The van der Waals surface area contributed by atoms with Gasteiger partial charge in [-0.25, -0.2) is 28.5 Å². The molecule has 0 saturated carbocycles. The van der Waals surface area contributed by atoms with Gasteiger partial charge in [-0.1, -0.05) is 25.2 Å². The highest BCUT2D eigenvalue weighted by molar-refractivity contribution is 7.19. The number of thiazole rings is 1. The number of hydrogen-bond acceptors (Lipinski definition) is 6. The summed E-state index contributed by atoms with van der Waals surface area (Å²) in [5, 5.41) is 2.76. The van der Waals surface area contributed by atoms with Crippen molar-refractivity contribution in [2.75, 3.05) is 11.9 Å². The van der Waals surface area contributed by atoms with Gasteiger partial charge in [0.1, 0.15) is 5.82 Å². The molecule has 1 saturated heterocycles. The van der Waals surface area contributed by atoms with E-state index in [2.05, 4.69) is 20.3 Å². The first-order valence-corrected chi connectivity index (χ1v) is 9.96. The Labute approximate surface area is 170 Å². The Balaban J connectivity index is 1.85. The number of hydrogen-bond donors (Lipinski definition) is 2. The van der Waals surface area contributed by atoms with Gasteiger partial charge in [-0.15, -0.1) is 0 Å². The Morgan fingerprint density at radius 3 is 2.69 bits per heavy atom. The second kappa shape index (κ2) is 7.97. The molecule has 2 aromatic heterocycles. The SMILES string of the molecule is Cc1nc(NC(=O)N2CCC[C@]2(C(N)=O)C(F)F)sc1-c1ccnc(C(C)C)n1. The average molecular weight is 424 g/mol. The highest BCUT2D eigenvalue weighted by Crippen LogP contribution is 2.36. The van der Waals surface area contributed by atoms with Crippen molar-refractivity contribution in [3.05, 3.63) is 23.8 Å². The standard InChI is InChI=1S/C18H22F2N6O2S/c1-9(2)13-22-7-5-11(24-13)12-10(3)23-16(29-12)25-17(28)26-8-4-6-18(26,14(19)20)15(21)27/h5,7,9,14H,4,6,8H2,1-3H3,(H2,21,27)(H,23,25,28)/t18-/m1/s1. The van der Waals surface area contributed by atoms with Crippen LogP contribution in [0.25, 0.3) is 10.6 Å². The summed E-state index contributed by atoms with van der Waals surface area (Å²) in [6.07, 6.45) is -1.32. The molecule has 8 nitrogen and oxygen atoms in total. The third-order valence-electron chi connectivity index (χ3n) is 4.89. The summed E-state index contributed by atoms with van der Waals surface area (Å²) in [6, 6.07) is 0.917. The first-order chi connectivity index (χ1) is 13.7. The van der Waals surface area contributed by atoms with Crippen LogP contribution < -0.4 is 11.1 Å². The number of primary amides is 1. The molecule has 3 N–H and O–H groups in total. The van der Waals surface area contributed by atoms with Crippen LogP contribution in [-0.2, 0) is 4.79 Å². The third-order valence-corrected chi connectivity index (χ3v) is 5.98. The van der Waals surface area contributed by atoms with Gasteiger partial charge in [-0.3, -0.25) is 10.1 Å². The minimum atomic E-state index is -3.07. The molecule has 0 aromatic carbocycles. The van der Waals surface area contributed by atoms with E-state index in [1.54, 1.807) is 19.2 Å². The monoisotopic (exact) mass is 424 g/mol. The normalized spacial score (nSPS) is 19.2. The second-order valence-electron chi connectivity index (χ2n) is 7.16. The molecule has 3 rings (SSSR count). The molecule has 1 aliphatic rings. The molecule has 156 valence electrons. The summed E-state index contributed by atoms with van der Waals surface area (Å²) in [5.74, 6) is -0.381. The highest BCUT2D eigenvalue weighted by atomic mass is 32.1. The number of likely N-dealkylation sites (tertiary alicyclic amines) is 1. The van der Waals surface area contributed by atoms with Gasteiger partial charge in [0.2, 0.25) is 5.91 Å². The first kappa shape index (κ1) is 21.0. The van der Waals surface area contributed by atoms with Gasteiger partial charge in [0.05, 0.1) is 16.3 Å². The maximum Gasteiger partial charge on any atom is 0.324 e. The number of carbonyl (C=O) groups is 2. The molecule has 0 unspecified atom stereocenters. The van der Waals surface area contributed by atoms with Crippen molar-refractivity contribution in [1.82, 2.24) is 19.9 Å². The van der Waals surface area contributed by atoms with Crippen LogP contribution in [0.1, 0.15) is 44.1 Å². The molecule has 1 fully saturated rings. The molecule has 0 bridgehead atoms. The van der Waals surface area contributed by atoms with Crippen LogP contribution >= 0.6 is 11.3 Å². The van der Waals surface area contributed by atoms with Crippen molar-refractivity contribution in [1.29, 1.82) is 0 Å². The summed E-state index contributed by atoms with van der Waals surface area (Å²) in [5.41, 5.74) is 4.24. The Morgan fingerprint density at radius 2 is 2.07 bits per heavy atom. The van der Waals surface area contributed by atoms with E-state index in [1.165, 1.54) is 11.3 Å². The van der Waals surface area contributed by atoms with Crippen LogP contribution in [0.5, 0.6) is 0 Å². The van der Waals surface area contributed by atoms with Gasteiger partial charge in [-0.05, 0) is 25.8 Å². The topological polar surface area (TPSA) is 114 Å². The maximum absolute atomic E-state index is 13.6. The predicted molar refractivity (Wildman–Crippen MR) is 105 cm³/mol. The molecule has 1 atom stereocenters. The lowest BCUT2D eigenvalue weighted by molar-refractivity contribution is -0.135. The van der Waals surface area contributed by atoms with E-state index in [1.807, 2.05) is 13.8 Å². The minimum Gasteiger partial charge on any atom is -0.367 e. The van der Waals surface area contributed by atoms with E-state index < -0.39 is 23.9 Å². The molecule has 3 heterocycles. The Hall–Kier alpha value is -2.69. The number of aromatic nitrogens is 3. The third kappa shape index (κ3) is 3.78. The molecule has 2 aromatic rings. The van der Waals surface area contributed by atoms with E-state index in [-0.39, 0.29) is 30.4 Å². The van der Waals surface area contributed by atoms with E-state index in [4.69, 9.17) is 5.73 Å². The van der Waals surface area contributed by atoms with Gasteiger partial charge in [0.15, 0.2) is 10.7 Å². The number of nitrogens with one attached hydrogen (secondary N) is 1. The molecule has 1 aliphatic heterocycles. The zero-order valence-electron chi connectivity index (χ0n) is 16.3. The predicted octanol–water partition coefficient (Wildman–Crippen LogP) is 3.15. The molecular formula is C18H22F2N6O2S. The first-order valence-electron chi connectivity index (χ1n) is 9.14. The van der Waals surface area contributed by atoms with Crippen molar-refractivity contribution in [2.24, 2.45) is 5.73 Å². The van der Waals surface area contributed by atoms with E-state index in [0.29, 0.717) is 17.2 Å². The summed E-state index contributed by atoms with van der Waals surface area (Å²) in [7, 11) is 0. The van der Waals surface area contributed by atoms with Gasteiger partial charge in [0, 0.05) is 18.7 Å². The molecule has 3 amide bonds. The average Bonchev–Trinajstić information content (AvgIpc) is 3.26. The van der Waals surface area contributed by atoms with Crippen molar-refractivity contribution in [3.8, 4) is 10.6 Å². The summed E-state index contributed by atoms with van der Waals surface area (Å²) in [4.78, 5) is 39.0. The minimum absolute atomic E-state index is 0.0139. The zero-order valence-corrected chi connectivity index (χ0v) is 17.1. The lowest BCUT2D eigenvalue weighted by atomic mass is 9.96. The molecule has 0 aliphatic carbocycles. The fourth-order valence-electron chi connectivity index (χ4n) is 3.34. The summed E-state index contributed by atoms with van der Waals surface area (Å²) in [6.45, 7) is 5.74. The second-order valence-corrected chi connectivity index (χ2v) is 8.16. The van der Waals surface area contributed by atoms with Gasteiger partial charge in [0.25, 0.3) is 6.43 Å². The fourth-order valence-corrected chi connectivity index (χ4v) is 4.27. The number of nitrogens with zero attached hydrogens (tertiary/aromatic N) is 4. The number of aryl methyl sites for hydroxylation is 1. The van der Waals surface area contributed by atoms with Crippen molar-refractivity contribution in [2.45, 2.75) is 51.5 Å². The van der Waals surface area contributed by atoms with Crippen LogP contribution in [-0.4, -0.2) is 50.3 Å². The van der Waals surface area contributed by atoms with Gasteiger partial charge in [-0.2, -0.15) is 0 Å². The number of rotatable bonds is 5. The number of anilines is 1. The molecule has 0 spiro atoms. The number of halogens is 2. The maximum atomic E-state index is 13.6. The lowest BCUT2D eigenvalue weighted by Gasteiger charge is -2.34. The van der Waals surface area contributed by atoms with Crippen molar-refractivity contribution < 1.29 is 18.4 Å². The number of carbonyl (C=O) groups excluding carboxylic acids is 2. The smallest absolute Gasteiger partial charge is 0.324 e. The van der Waals surface area contributed by atoms with Crippen LogP contribution in [0.2, 0.25) is 0 Å². The van der Waals surface area contributed by atoms with Crippen LogP contribution in [0.15, 0.2) is 12.3 Å². The molecule has 29 heavy (non-hydrogen) atoms. The summed E-state index contributed by atoms with van der Waals surface area (Å²) >= 11 is 1.17. The van der Waals surface area contributed by atoms with Crippen LogP contribution in [0.3, 0.4) is 0 Å². The number of urea groups is 1. The van der Waals surface area contributed by atoms with Gasteiger partial charge >= 0.3 is 6.03 Å². The zero-order chi connectivity index (χ0) is 21.3. The highest BCUT2D eigenvalue weighted by Gasteiger charge is 2.55. The Kier molecular flexibility index (Phi) is 5.78. The van der Waals surface area contributed by atoms with Crippen molar-refractivity contribution >= 4 is 28.4 Å². The number of nitrogens with two attached hydrogens (primary N) is 1. The van der Waals surface area contributed by atoms with E-state index in [0.717, 1.165) is 9.78 Å². The van der Waals surface area contributed by atoms with E-state index >= 15 is 0 Å². The molecular weight excluding hydrogens is 402 g/mol.